The van der Waals surface area contributed by atoms with Gasteiger partial charge in [0.05, 0.1) is 11.8 Å². The maximum absolute atomic E-state index is 12.7. The highest BCUT2D eigenvalue weighted by molar-refractivity contribution is 5.95. The molecule has 0 aliphatic carbocycles. The fourth-order valence-electron chi connectivity index (χ4n) is 4.81. The van der Waals surface area contributed by atoms with Crippen LogP contribution in [0.1, 0.15) is 12.8 Å². The molecule has 2 fully saturated rings. The van der Waals surface area contributed by atoms with Crippen molar-refractivity contribution in [1.29, 1.82) is 0 Å². The third-order valence-corrected chi connectivity index (χ3v) is 7.00. The van der Waals surface area contributed by atoms with E-state index < -0.39 is 0 Å². The van der Waals surface area contributed by atoms with Crippen LogP contribution in [0.15, 0.2) is 48.5 Å². The lowest BCUT2D eigenvalue weighted by Crippen LogP contribution is -2.33. The molecule has 4 amide bonds. The molecule has 0 saturated carbocycles. The first kappa shape index (κ1) is 27.3. The number of nitrogens with one attached hydrogen (secondary N) is 2. The van der Waals surface area contributed by atoms with Crippen LogP contribution < -0.4 is 10.6 Å². The van der Waals surface area contributed by atoms with Gasteiger partial charge in [0, 0.05) is 51.8 Å². The van der Waals surface area contributed by atoms with Crippen molar-refractivity contribution in [3.05, 3.63) is 48.5 Å². The van der Waals surface area contributed by atoms with Crippen molar-refractivity contribution in [3.63, 3.8) is 0 Å². The Bertz CT molecular complexity index is 1060. The molecule has 2 atom stereocenters. The number of methoxy groups -OCH3 is 2. The summed E-state index contributed by atoms with van der Waals surface area (Å²) in [6, 6.07) is 15.1. The van der Waals surface area contributed by atoms with Gasteiger partial charge in [0.1, 0.15) is 13.2 Å². The number of ether oxygens (including phenoxy) is 2. The van der Waals surface area contributed by atoms with Crippen molar-refractivity contribution >= 4 is 35.0 Å². The van der Waals surface area contributed by atoms with Gasteiger partial charge in [-0.25, -0.2) is 0 Å². The standard InChI is InChI=1S/C28H34N4O6/c1-37-17-25(33)31-13-11-21(15-31)27(35)29-23-7-3-19(4-8-23)20-5-9-24(10-6-20)30-28(36)22-12-14-32(16-22)26(34)18-38-2/h3-10,21-22H,11-18H2,1-2H3,(H,29,35)(H,30,36)/t21-,22+. The molecule has 0 spiro atoms. The zero-order valence-corrected chi connectivity index (χ0v) is 21.8. The Hall–Kier alpha value is -3.76. The predicted molar refractivity (Wildman–Crippen MR) is 142 cm³/mol. The summed E-state index contributed by atoms with van der Waals surface area (Å²) in [5.74, 6) is -0.875. The van der Waals surface area contributed by atoms with E-state index in [0.717, 1.165) is 11.1 Å². The van der Waals surface area contributed by atoms with Crippen LogP contribution in [0.2, 0.25) is 0 Å². The second-order valence-corrected chi connectivity index (χ2v) is 9.65. The number of nitrogens with zero attached hydrogens (tertiary/aromatic N) is 2. The number of benzene rings is 2. The number of carbonyl (C=O) groups excluding carboxylic acids is 4. The molecule has 2 aromatic carbocycles. The van der Waals surface area contributed by atoms with Gasteiger partial charge in [-0.2, -0.15) is 0 Å². The molecular formula is C28H34N4O6. The Labute approximate surface area is 222 Å². The highest BCUT2D eigenvalue weighted by Gasteiger charge is 2.32. The summed E-state index contributed by atoms with van der Waals surface area (Å²) in [5, 5.41) is 5.88. The summed E-state index contributed by atoms with van der Waals surface area (Å²) >= 11 is 0. The summed E-state index contributed by atoms with van der Waals surface area (Å²) in [4.78, 5) is 52.6. The quantitative estimate of drug-likeness (QED) is 0.522. The van der Waals surface area contributed by atoms with E-state index in [-0.39, 0.29) is 48.7 Å². The lowest BCUT2D eigenvalue weighted by atomic mass is 10.0. The van der Waals surface area contributed by atoms with Gasteiger partial charge in [-0.05, 0) is 48.2 Å². The number of hydrogen-bond donors (Lipinski definition) is 2. The average Bonchev–Trinajstić information content (AvgIpc) is 3.61. The van der Waals surface area contributed by atoms with Crippen molar-refractivity contribution in [3.8, 4) is 11.1 Å². The van der Waals surface area contributed by atoms with Gasteiger partial charge in [0.15, 0.2) is 0 Å². The topological polar surface area (TPSA) is 117 Å². The van der Waals surface area contributed by atoms with Gasteiger partial charge in [0.25, 0.3) is 0 Å². The zero-order chi connectivity index (χ0) is 27.1. The molecule has 2 saturated heterocycles. The average molecular weight is 523 g/mol. The number of amides is 4. The maximum atomic E-state index is 12.7. The number of hydrogen-bond acceptors (Lipinski definition) is 6. The molecule has 2 N–H and O–H groups in total. The Balaban J connectivity index is 1.27. The summed E-state index contributed by atoms with van der Waals surface area (Å²) in [5.41, 5.74) is 3.33. The molecule has 10 heteroatoms. The van der Waals surface area contributed by atoms with E-state index >= 15 is 0 Å². The molecule has 38 heavy (non-hydrogen) atoms. The van der Waals surface area contributed by atoms with Gasteiger partial charge in [0.2, 0.25) is 23.6 Å². The van der Waals surface area contributed by atoms with Crippen LogP contribution in [-0.4, -0.2) is 87.0 Å². The minimum absolute atomic E-state index is 0.0277. The highest BCUT2D eigenvalue weighted by Crippen LogP contribution is 2.25. The third kappa shape index (κ3) is 6.76. The van der Waals surface area contributed by atoms with E-state index in [1.54, 1.807) is 9.80 Å². The monoisotopic (exact) mass is 522 g/mol. The molecule has 2 heterocycles. The first-order valence-electron chi connectivity index (χ1n) is 12.7. The molecule has 0 unspecified atom stereocenters. The smallest absolute Gasteiger partial charge is 0.248 e. The van der Waals surface area contributed by atoms with Crippen LogP contribution in [0.25, 0.3) is 11.1 Å². The second kappa shape index (κ2) is 12.7. The Morgan fingerprint density at radius 1 is 0.684 bits per heavy atom. The Morgan fingerprint density at radius 3 is 1.39 bits per heavy atom. The largest absolute Gasteiger partial charge is 0.375 e. The first-order valence-corrected chi connectivity index (χ1v) is 12.7. The molecule has 4 rings (SSSR count). The lowest BCUT2D eigenvalue weighted by Gasteiger charge is -2.16. The van der Waals surface area contributed by atoms with E-state index in [1.165, 1.54) is 14.2 Å². The van der Waals surface area contributed by atoms with E-state index in [4.69, 9.17) is 9.47 Å². The highest BCUT2D eigenvalue weighted by atomic mass is 16.5. The van der Waals surface area contributed by atoms with Crippen molar-refractivity contribution < 1.29 is 28.7 Å². The molecule has 0 aromatic heterocycles. The molecular weight excluding hydrogens is 488 g/mol. The van der Waals surface area contributed by atoms with E-state index in [9.17, 15) is 19.2 Å². The van der Waals surface area contributed by atoms with Gasteiger partial charge < -0.3 is 29.9 Å². The van der Waals surface area contributed by atoms with Crippen molar-refractivity contribution in [2.75, 3.05) is 64.2 Å². The van der Waals surface area contributed by atoms with Crippen LogP contribution in [0.3, 0.4) is 0 Å². The van der Waals surface area contributed by atoms with Crippen LogP contribution >= 0.6 is 0 Å². The molecule has 10 nitrogen and oxygen atoms in total. The minimum atomic E-state index is -0.239. The van der Waals surface area contributed by atoms with Crippen LogP contribution in [0.5, 0.6) is 0 Å². The van der Waals surface area contributed by atoms with Crippen molar-refractivity contribution in [2.24, 2.45) is 11.8 Å². The predicted octanol–water partition coefficient (Wildman–Crippen LogP) is 2.22. The fraction of sp³-hybridized carbons (Fsp3) is 0.429. The van der Waals surface area contributed by atoms with Gasteiger partial charge in [-0.3, -0.25) is 19.2 Å². The number of likely N-dealkylation sites (tertiary alicyclic amines) is 2. The third-order valence-electron chi connectivity index (χ3n) is 7.00. The molecule has 202 valence electrons. The molecule has 2 aromatic rings. The normalized spacial score (nSPS) is 18.9. The molecule has 2 aliphatic rings. The first-order chi connectivity index (χ1) is 18.4. The molecule has 2 aliphatic heterocycles. The van der Waals surface area contributed by atoms with Gasteiger partial charge in [-0.1, -0.05) is 24.3 Å². The van der Waals surface area contributed by atoms with Crippen LogP contribution in [0, 0.1) is 11.8 Å². The summed E-state index contributed by atoms with van der Waals surface area (Å²) in [7, 11) is 2.96. The van der Waals surface area contributed by atoms with E-state index in [1.807, 2.05) is 48.5 Å². The van der Waals surface area contributed by atoms with E-state index in [2.05, 4.69) is 10.6 Å². The lowest BCUT2D eigenvalue weighted by molar-refractivity contribution is -0.135. The Morgan fingerprint density at radius 2 is 1.05 bits per heavy atom. The Kier molecular flexibility index (Phi) is 9.09. The maximum Gasteiger partial charge on any atom is 0.248 e. The zero-order valence-electron chi connectivity index (χ0n) is 21.8. The number of anilines is 2. The van der Waals surface area contributed by atoms with E-state index in [0.29, 0.717) is 50.4 Å². The van der Waals surface area contributed by atoms with Crippen LogP contribution in [-0.2, 0) is 28.7 Å². The summed E-state index contributed by atoms with van der Waals surface area (Å²) in [6.07, 6.45) is 1.26. The molecule has 0 radical (unpaired) electrons. The van der Waals surface area contributed by atoms with Crippen molar-refractivity contribution in [2.45, 2.75) is 12.8 Å². The number of carbonyl (C=O) groups is 4. The minimum Gasteiger partial charge on any atom is -0.375 e. The van der Waals surface area contributed by atoms with Gasteiger partial charge in [-0.15, -0.1) is 0 Å². The molecule has 0 bridgehead atoms. The van der Waals surface area contributed by atoms with Gasteiger partial charge >= 0.3 is 0 Å². The van der Waals surface area contributed by atoms with Crippen molar-refractivity contribution in [1.82, 2.24) is 9.80 Å². The summed E-state index contributed by atoms with van der Waals surface area (Å²) in [6.45, 7) is 1.98. The van der Waals surface area contributed by atoms with Crippen LogP contribution in [0.4, 0.5) is 11.4 Å². The number of rotatable bonds is 9. The summed E-state index contributed by atoms with van der Waals surface area (Å²) < 4.78 is 9.78. The second-order valence-electron chi connectivity index (χ2n) is 9.65. The SMILES string of the molecule is COCC(=O)N1CC[C@@H](C(=O)Nc2ccc(-c3ccc(NC(=O)[C@H]4CCN(C(=O)COC)C4)cc3)cc2)C1. The fourth-order valence-corrected chi connectivity index (χ4v) is 4.81.